The third-order valence-corrected chi connectivity index (χ3v) is 4.13. The van der Waals surface area contributed by atoms with Crippen LogP contribution < -0.4 is 4.72 Å². The Bertz CT molecular complexity index is 590. The Balaban J connectivity index is 1.90. The SMILES string of the molecule is CCCc1nc(C(=O)N2CCC(NS(C)(=O)=O)CC2)n[nH]1. The Morgan fingerprint density at radius 1 is 1.43 bits per heavy atom. The predicted octanol–water partition coefficient (Wildman–Crippen LogP) is -0.0890. The molecule has 2 N–H and O–H groups in total. The van der Waals surface area contributed by atoms with Crippen LogP contribution in [0.5, 0.6) is 0 Å². The van der Waals surface area contributed by atoms with E-state index in [9.17, 15) is 13.2 Å². The van der Waals surface area contributed by atoms with Gasteiger partial charge in [-0.25, -0.2) is 18.1 Å². The normalized spacial score (nSPS) is 17.1. The molecule has 2 heterocycles. The van der Waals surface area contributed by atoms with Gasteiger partial charge in [0.25, 0.3) is 5.91 Å². The molecule has 0 atom stereocenters. The second-order valence-electron chi connectivity index (χ2n) is 5.31. The molecule has 0 spiro atoms. The number of hydrogen-bond acceptors (Lipinski definition) is 5. The number of amides is 1. The zero-order chi connectivity index (χ0) is 15.5. The van der Waals surface area contributed by atoms with Crippen LogP contribution in [0.3, 0.4) is 0 Å². The first-order valence-electron chi connectivity index (χ1n) is 7.07. The summed E-state index contributed by atoms with van der Waals surface area (Å²) in [6.07, 6.45) is 4.05. The maximum Gasteiger partial charge on any atom is 0.293 e. The lowest BCUT2D eigenvalue weighted by molar-refractivity contribution is 0.0699. The summed E-state index contributed by atoms with van der Waals surface area (Å²) >= 11 is 0. The number of aromatic amines is 1. The fourth-order valence-corrected chi connectivity index (χ4v) is 3.23. The van der Waals surface area contributed by atoms with Crippen molar-refractivity contribution in [3.05, 3.63) is 11.6 Å². The number of rotatable bonds is 5. The molecule has 118 valence electrons. The minimum Gasteiger partial charge on any atom is -0.336 e. The third kappa shape index (κ3) is 4.50. The number of aryl methyl sites for hydroxylation is 1. The highest BCUT2D eigenvalue weighted by atomic mass is 32.2. The highest BCUT2D eigenvalue weighted by Gasteiger charge is 2.27. The van der Waals surface area contributed by atoms with E-state index in [1.165, 1.54) is 0 Å². The molecule has 2 rings (SSSR count). The van der Waals surface area contributed by atoms with Crippen molar-refractivity contribution in [2.75, 3.05) is 19.3 Å². The van der Waals surface area contributed by atoms with Gasteiger partial charge in [0.05, 0.1) is 6.26 Å². The van der Waals surface area contributed by atoms with Gasteiger partial charge in [0, 0.05) is 25.6 Å². The number of nitrogens with zero attached hydrogens (tertiary/aromatic N) is 3. The number of carbonyl (C=O) groups is 1. The molecule has 1 aromatic heterocycles. The summed E-state index contributed by atoms with van der Waals surface area (Å²) in [5.41, 5.74) is 0. The van der Waals surface area contributed by atoms with Crippen molar-refractivity contribution in [3.8, 4) is 0 Å². The Morgan fingerprint density at radius 2 is 2.10 bits per heavy atom. The van der Waals surface area contributed by atoms with Gasteiger partial charge < -0.3 is 4.90 Å². The largest absolute Gasteiger partial charge is 0.336 e. The maximum atomic E-state index is 12.3. The number of carbonyl (C=O) groups excluding carboxylic acids is 1. The summed E-state index contributed by atoms with van der Waals surface area (Å²) in [6, 6.07) is -0.105. The van der Waals surface area contributed by atoms with Gasteiger partial charge in [0.15, 0.2) is 0 Å². The number of aromatic nitrogens is 3. The van der Waals surface area contributed by atoms with Gasteiger partial charge >= 0.3 is 0 Å². The van der Waals surface area contributed by atoms with Crippen LogP contribution in [0.4, 0.5) is 0 Å². The highest BCUT2D eigenvalue weighted by Crippen LogP contribution is 2.13. The van der Waals surface area contributed by atoms with Gasteiger partial charge in [-0.2, -0.15) is 0 Å². The number of H-pyrrole nitrogens is 1. The molecule has 0 aromatic carbocycles. The third-order valence-electron chi connectivity index (χ3n) is 3.37. The van der Waals surface area contributed by atoms with Crippen molar-refractivity contribution < 1.29 is 13.2 Å². The molecule has 1 fully saturated rings. The van der Waals surface area contributed by atoms with E-state index in [2.05, 4.69) is 19.9 Å². The van der Waals surface area contributed by atoms with Crippen LogP contribution in [-0.4, -0.2) is 59.8 Å². The highest BCUT2D eigenvalue weighted by molar-refractivity contribution is 7.88. The van der Waals surface area contributed by atoms with Gasteiger partial charge in [-0.05, 0) is 19.3 Å². The summed E-state index contributed by atoms with van der Waals surface area (Å²) in [4.78, 5) is 18.1. The number of likely N-dealkylation sites (tertiary alicyclic amines) is 1. The van der Waals surface area contributed by atoms with Gasteiger partial charge in [-0.1, -0.05) is 6.92 Å². The first-order valence-corrected chi connectivity index (χ1v) is 8.96. The van der Waals surface area contributed by atoms with Crippen molar-refractivity contribution in [2.45, 2.75) is 38.6 Å². The molecule has 1 aromatic rings. The molecule has 21 heavy (non-hydrogen) atoms. The molecule has 0 aliphatic carbocycles. The minimum atomic E-state index is -3.20. The summed E-state index contributed by atoms with van der Waals surface area (Å²) in [6.45, 7) is 3.04. The topological polar surface area (TPSA) is 108 Å². The first-order chi connectivity index (χ1) is 9.89. The fourth-order valence-electron chi connectivity index (χ4n) is 2.38. The smallest absolute Gasteiger partial charge is 0.293 e. The quantitative estimate of drug-likeness (QED) is 0.789. The molecule has 9 heteroatoms. The number of hydrogen-bond donors (Lipinski definition) is 2. The van der Waals surface area contributed by atoms with E-state index < -0.39 is 10.0 Å². The van der Waals surface area contributed by atoms with Crippen LogP contribution in [-0.2, 0) is 16.4 Å². The summed E-state index contributed by atoms with van der Waals surface area (Å²) in [5, 5.41) is 6.72. The number of sulfonamides is 1. The number of piperidine rings is 1. The van der Waals surface area contributed by atoms with Crippen molar-refractivity contribution in [3.63, 3.8) is 0 Å². The zero-order valence-corrected chi connectivity index (χ0v) is 13.1. The number of nitrogens with one attached hydrogen (secondary N) is 2. The molecular formula is C12H21N5O3S. The Kier molecular flexibility index (Phi) is 4.94. The van der Waals surface area contributed by atoms with Crippen LogP contribution in [0, 0.1) is 0 Å². The van der Waals surface area contributed by atoms with Crippen LogP contribution in [0.1, 0.15) is 42.6 Å². The van der Waals surface area contributed by atoms with Gasteiger partial charge in [-0.3, -0.25) is 9.89 Å². The van der Waals surface area contributed by atoms with Crippen molar-refractivity contribution in [2.24, 2.45) is 0 Å². The van der Waals surface area contributed by atoms with Gasteiger partial charge in [0.2, 0.25) is 15.8 Å². The van der Waals surface area contributed by atoms with Crippen molar-refractivity contribution >= 4 is 15.9 Å². The lowest BCUT2D eigenvalue weighted by Gasteiger charge is -2.31. The molecule has 1 amide bonds. The molecule has 0 saturated carbocycles. The van der Waals surface area contributed by atoms with E-state index in [0.717, 1.165) is 24.9 Å². The Hall–Kier alpha value is -1.48. The molecular weight excluding hydrogens is 294 g/mol. The van der Waals surface area contributed by atoms with E-state index in [1.807, 2.05) is 6.92 Å². The van der Waals surface area contributed by atoms with E-state index in [0.29, 0.717) is 25.9 Å². The predicted molar refractivity (Wildman–Crippen MR) is 77.3 cm³/mol. The van der Waals surface area contributed by atoms with Crippen LogP contribution in [0.2, 0.25) is 0 Å². The van der Waals surface area contributed by atoms with E-state index in [-0.39, 0.29) is 17.8 Å². The standard InChI is InChI=1S/C12H21N5O3S/c1-3-4-10-13-11(15-14-10)12(18)17-7-5-9(6-8-17)16-21(2,19)20/h9,16H,3-8H2,1-2H3,(H,13,14,15). The van der Waals surface area contributed by atoms with Gasteiger partial charge in [-0.15, -0.1) is 5.10 Å². The molecule has 1 aliphatic heterocycles. The van der Waals surface area contributed by atoms with Crippen molar-refractivity contribution in [1.82, 2.24) is 24.8 Å². The maximum absolute atomic E-state index is 12.3. The average Bonchev–Trinajstić information content (AvgIpc) is 2.86. The molecule has 1 saturated heterocycles. The first kappa shape index (κ1) is 15.9. The fraction of sp³-hybridized carbons (Fsp3) is 0.750. The summed E-state index contributed by atoms with van der Waals surface area (Å²) in [5.74, 6) is 0.703. The Labute approximate surface area is 124 Å². The van der Waals surface area contributed by atoms with E-state index >= 15 is 0 Å². The lowest BCUT2D eigenvalue weighted by Crippen LogP contribution is -2.46. The minimum absolute atomic E-state index is 0.105. The molecule has 0 bridgehead atoms. The second-order valence-corrected chi connectivity index (χ2v) is 7.09. The monoisotopic (exact) mass is 315 g/mol. The molecule has 0 unspecified atom stereocenters. The average molecular weight is 315 g/mol. The van der Waals surface area contributed by atoms with Crippen LogP contribution in [0.15, 0.2) is 0 Å². The van der Waals surface area contributed by atoms with Crippen molar-refractivity contribution in [1.29, 1.82) is 0 Å². The zero-order valence-electron chi connectivity index (χ0n) is 12.3. The summed E-state index contributed by atoms with van der Waals surface area (Å²) < 4.78 is 24.9. The van der Waals surface area contributed by atoms with Crippen LogP contribution >= 0.6 is 0 Å². The second kappa shape index (κ2) is 6.52. The molecule has 0 radical (unpaired) electrons. The van der Waals surface area contributed by atoms with E-state index in [1.54, 1.807) is 4.90 Å². The van der Waals surface area contributed by atoms with E-state index in [4.69, 9.17) is 0 Å². The Morgan fingerprint density at radius 3 is 2.67 bits per heavy atom. The van der Waals surface area contributed by atoms with Crippen LogP contribution in [0.25, 0.3) is 0 Å². The van der Waals surface area contributed by atoms with Gasteiger partial charge in [0.1, 0.15) is 5.82 Å². The lowest BCUT2D eigenvalue weighted by atomic mass is 10.1. The summed E-state index contributed by atoms with van der Waals surface area (Å²) in [7, 11) is -3.20. The molecule has 1 aliphatic rings. The molecule has 8 nitrogen and oxygen atoms in total.